The summed E-state index contributed by atoms with van der Waals surface area (Å²) in [5.74, 6) is -0.110. The maximum absolute atomic E-state index is 12.9. The summed E-state index contributed by atoms with van der Waals surface area (Å²) in [6, 6.07) is 6.39. The topological polar surface area (TPSA) is 49.8 Å². The zero-order valence-corrected chi connectivity index (χ0v) is 13.3. The molecule has 2 fully saturated rings. The number of hydrogen-bond donors (Lipinski definition) is 1. The molecule has 1 aromatic carbocycles. The van der Waals surface area contributed by atoms with E-state index >= 15 is 0 Å². The van der Waals surface area contributed by atoms with Crippen LogP contribution in [0, 0.1) is 11.7 Å². The predicted octanol–water partition coefficient (Wildman–Crippen LogP) is 2.15. The number of amides is 1. The number of carbonyl (C=O) groups is 1. The third-order valence-electron chi connectivity index (χ3n) is 5.02. The molecule has 126 valence electrons. The summed E-state index contributed by atoms with van der Waals surface area (Å²) < 4.78 is 18.4. The number of benzene rings is 1. The second-order valence-electron chi connectivity index (χ2n) is 6.52. The molecule has 5 heteroatoms. The fourth-order valence-electron chi connectivity index (χ4n) is 3.71. The van der Waals surface area contributed by atoms with Gasteiger partial charge in [-0.05, 0) is 43.4 Å². The lowest BCUT2D eigenvalue weighted by atomic mass is 9.89. The van der Waals surface area contributed by atoms with Gasteiger partial charge in [0.05, 0.1) is 12.7 Å². The number of ether oxygens (including phenoxy) is 1. The van der Waals surface area contributed by atoms with Gasteiger partial charge < -0.3 is 14.7 Å². The van der Waals surface area contributed by atoms with Gasteiger partial charge in [-0.3, -0.25) is 4.79 Å². The smallest absolute Gasteiger partial charge is 0.223 e. The number of rotatable bonds is 4. The van der Waals surface area contributed by atoms with Gasteiger partial charge in [0.25, 0.3) is 0 Å². The van der Waals surface area contributed by atoms with E-state index < -0.39 is 0 Å². The monoisotopic (exact) mass is 321 g/mol. The first-order chi connectivity index (χ1) is 11.1. The van der Waals surface area contributed by atoms with Crippen molar-refractivity contribution < 1.29 is 19.0 Å². The van der Waals surface area contributed by atoms with E-state index in [9.17, 15) is 14.3 Å². The van der Waals surface area contributed by atoms with E-state index in [-0.39, 0.29) is 29.8 Å². The number of halogens is 1. The molecule has 3 atom stereocenters. The van der Waals surface area contributed by atoms with Crippen LogP contribution in [0.1, 0.15) is 31.2 Å². The number of aliphatic hydroxyl groups excluding tert-OH is 1. The second-order valence-corrected chi connectivity index (χ2v) is 6.52. The highest BCUT2D eigenvalue weighted by atomic mass is 19.1. The van der Waals surface area contributed by atoms with Crippen LogP contribution in [0.3, 0.4) is 0 Å². The third kappa shape index (κ3) is 3.90. The summed E-state index contributed by atoms with van der Waals surface area (Å²) in [5.41, 5.74) is 0.969. The molecule has 0 aromatic heterocycles. The maximum Gasteiger partial charge on any atom is 0.223 e. The van der Waals surface area contributed by atoms with Crippen molar-refractivity contribution in [3.63, 3.8) is 0 Å². The minimum atomic E-state index is -0.376. The molecule has 2 aliphatic heterocycles. The highest BCUT2D eigenvalue weighted by Gasteiger charge is 2.39. The van der Waals surface area contributed by atoms with Gasteiger partial charge in [0.15, 0.2) is 0 Å². The van der Waals surface area contributed by atoms with E-state index in [0.29, 0.717) is 32.5 Å². The van der Waals surface area contributed by atoms with Crippen molar-refractivity contribution in [2.75, 3.05) is 19.8 Å². The molecule has 0 bridgehead atoms. The molecule has 2 saturated heterocycles. The van der Waals surface area contributed by atoms with E-state index in [0.717, 1.165) is 24.9 Å². The minimum Gasteiger partial charge on any atom is -0.393 e. The Hall–Kier alpha value is -1.46. The zero-order chi connectivity index (χ0) is 16.2. The van der Waals surface area contributed by atoms with Gasteiger partial charge in [-0.25, -0.2) is 4.39 Å². The molecule has 0 radical (unpaired) electrons. The van der Waals surface area contributed by atoms with Crippen molar-refractivity contribution in [2.45, 2.75) is 44.2 Å². The van der Waals surface area contributed by atoms with Crippen molar-refractivity contribution in [1.82, 2.24) is 4.90 Å². The van der Waals surface area contributed by atoms with E-state index in [2.05, 4.69) is 0 Å². The molecule has 1 N–H and O–H groups in total. The Morgan fingerprint density at radius 2 is 2.09 bits per heavy atom. The SMILES string of the molecule is O=C(CCc1ccc(F)cc1)N1CCCC1C1COCCC1O. The van der Waals surface area contributed by atoms with Gasteiger partial charge in [0, 0.05) is 31.5 Å². The highest BCUT2D eigenvalue weighted by molar-refractivity contribution is 5.77. The molecule has 0 saturated carbocycles. The second kappa shape index (κ2) is 7.41. The number of aliphatic hydroxyl groups is 1. The molecular formula is C18H24FNO3. The standard InChI is InChI=1S/C18H24FNO3/c19-14-6-3-13(4-7-14)5-8-18(22)20-10-1-2-16(20)15-12-23-11-9-17(15)21/h3-4,6-7,15-17,21H,1-2,5,8-12H2. The first-order valence-electron chi connectivity index (χ1n) is 8.45. The number of carbonyl (C=O) groups excluding carboxylic acids is 1. The molecule has 23 heavy (non-hydrogen) atoms. The van der Waals surface area contributed by atoms with Crippen LogP contribution in [0.15, 0.2) is 24.3 Å². The quantitative estimate of drug-likeness (QED) is 0.924. The lowest BCUT2D eigenvalue weighted by molar-refractivity contribution is -0.136. The van der Waals surface area contributed by atoms with E-state index in [4.69, 9.17) is 4.74 Å². The number of likely N-dealkylation sites (tertiary alicyclic amines) is 1. The lowest BCUT2D eigenvalue weighted by Crippen LogP contribution is -2.48. The van der Waals surface area contributed by atoms with E-state index in [1.54, 1.807) is 12.1 Å². The van der Waals surface area contributed by atoms with Crippen molar-refractivity contribution in [2.24, 2.45) is 5.92 Å². The van der Waals surface area contributed by atoms with Crippen LogP contribution in [-0.2, 0) is 16.0 Å². The van der Waals surface area contributed by atoms with Crippen LogP contribution < -0.4 is 0 Å². The summed E-state index contributed by atoms with van der Waals surface area (Å²) in [4.78, 5) is 14.5. The van der Waals surface area contributed by atoms with Crippen LogP contribution in [0.25, 0.3) is 0 Å². The van der Waals surface area contributed by atoms with Crippen molar-refractivity contribution in [3.05, 3.63) is 35.6 Å². The van der Waals surface area contributed by atoms with Gasteiger partial charge >= 0.3 is 0 Å². The molecule has 2 aliphatic rings. The van der Waals surface area contributed by atoms with Crippen LogP contribution in [0.5, 0.6) is 0 Å². The van der Waals surface area contributed by atoms with Crippen molar-refractivity contribution in [3.8, 4) is 0 Å². The first-order valence-corrected chi connectivity index (χ1v) is 8.45. The Bertz CT molecular complexity index is 534. The Morgan fingerprint density at radius 1 is 1.30 bits per heavy atom. The zero-order valence-electron chi connectivity index (χ0n) is 13.3. The Balaban J connectivity index is 1.58. The molecule has 1 aromatic rings. The largest absolute Gasteiger partial charge is 0.393 e. The van der Waals surface area contributed by atoms with E-state index in [1.165, 1.54) is 12.1 Å². The minimum absolute atomic E-state index is 0.0287. The van der Waals surface area contributed by atoms with Crippen LogP contribution in [0.2, 0.25) is 0 Å². The van der Waals surface area contributed by atoms with Gasteiger partial charge in [0.1, 0.15) is 5.82 Å². The van der Waals surface area contributed by atoms with Crippen molar-refractivity contribution in [1.29, 1.82) is 0 Å². The molecule has 0 aliphatic carbocycles. The normalized spacial score (nSPS) is 28.1. The first kappa shape index (κ1) is 16.4. The van der Waals surface area contributed by atoms with Crippen molar-refractivity contribution >= 4 is 5.91 Å². The van der Waals surface area contributed by atoms with E-state index in [1.807, 2.05) is 4.90 Å². The highest BCUT2D eigenvalue weighted by Crippen LogP contribution is 2.30. The summed E-state index contributed by atoms with van der Waals surface area (Å²) >= 11 is 0. The summed E-state index contributed by atoms with van der Waals surface area (Å²) in [6.07, 6.45) is 3.24. The molecule has 3 rings (SSSR count). The number of nitrogens with zero attached hydrogens (tertiary/aromatic N) is 1. The van der Waals surface area contributed by atoms with Crippen LogP contribution in [0.4, 0.5) is 4.39 Å². The number of hydrogen-bond acceptors (Lipinski definition) is 3. The summed E-state index contributed by atoms with van der Waals surface area (Å²) in [7, 11) is 0. The average Bonchev–Trinajstić information content (AvgIpc) is 3.04. The van der Waals surface area contributed by atoms with Crippen LogP contribution in [-0.4, -0.2) is 47.8 Å². The molecule has 3 unspecified atom stereocenters. The Morgan fingerprint density at radius 3 is 2.83 bits per heavy atom. The molecular weight excluding hydrogens is 297 g/mol. The fourth-order valence-corrected chi connectivity index (χ4v) is 3.71. The molecule has 0 spiro atoms. The molecule has 1 amide bonds. The van der Waals surface area contributed by atoms with Crippen LogP contribution >= 0.6 is 0 Å². The Kier molecular flexibility index (Phi) is 5.28. The van der Waals surface area contributed by atoms with Gasteiger partial charge in [-0.2, -0.15) is 0 Å². The summed E-state index contributed by atoms with van der Waals surface area (Å²) in [6.45, 7) is 1.90. The summed E-state index contributed by atoms with van der Waals surface area (Å²) in [5, 5.41) is 10.2. The molecule has 2 heterocycles. The third-order valence-corrected chi connectivity index (χ3v) is 5.02. The lowest BCUT2D eigenvalue weighted by Gasteiger charge is -2.37. The Labute approximate surface area is 136 Å². The van der Waals surface area contributed by atoms with Gasteiger partial charge in [0.2, 0.25) is 5.91 Å². The fraction of sp³-hybridized carbons (Fsp3) is 0.611. The average molecular weight is 321 g/mol. The van der Waals surface area contributed by atoms with Gasteiger partial charge in [-0.1, -0.05) is 12.1 Å². The number of aryl methyl sites for hydroxylation is 1. The predicted molar refractivity (Wildman–Crippen MR) is 84.4 cm³/mol. The molecule has 4 nitrogen and oxygen atoms in total. The maximum atomic E-state index is 12.9. The van der Waals surface area contributed by atoms with Gasteiger partial charge in [-0.15, -0.1) is 0 Å².